The third-order valence-electron chi connectivity index (χ3n) is 1.53. The van der Waals surface area contributed by atoms with Crippen molar-refractivity contribution in [3.63, 3.8) is 0 Å². The zero-order valence-corrected chi connectivity index (χ0v) is 10.6. The van der Waals surface area contributed by atoms with Gasteiger partial charge in [-0.1, -0.05) is 6.92 Å². The molecule has 0 saturated heterocycles. The summed E-state index contributed by atoms with van der Waals surface area (Å²) in [5, 5.41) is 0. The molecule has 0 bridgehead atoms. The number of carbonyl (C=O) groups is 1. The molecule has 0 aliphatic carbocycles. The van der Waals surface area contributed by atoms with E-state index in [1.165, 1.54) is 14.0 Å². The lowest BCUT2D eigenvalue weighted by molar-refractivity contribution is -0.144. The van der Waals surface area contributed by atoms with Gasteiger partial charge in [-0.2, -0.15) is 0 Å². The summed E-state index contributed by atoms with van der Waals surface area (Å²) >= 11 is 0. The van der Waals surface area contributed by atoms with Crippen LogP contribution < -0.4 is 4.72 Å². The number of hydrogen-bond acceptors (Lipinski definition) is 4. The highest BCUT2D eigenvalue weighted by atomic mass is 32.2. The maximum absolute atomic E-state index is 11.6. The Morgan fingerprint density at radius 2 is 1.87 bits per heavy atom. The van der Waals surface area contributed by atoms with Crippen LogP contribution in [0.15, 0.2) is 0 Å². The molecule has 5 nitrogen and oxygen atoms in total. The first kappa shape index (κ1) is 14.4. The molecular weight excluding hydrogens is 218 g/mol. The van der Waals surface area contributed by atoms with Gasteiger partial charge < -0.3 is 4.74 Å². The first-order valence-corrected chi connectivity index (χ1v) is 6.32. The van der Waals surface area contributed by atoms with Gasteiger partial charge in [0.15, 0.2) is 0 Å². The van der Waals surface area contributed by atoms with Gasteiger partial charge in [0.2, 0.25) is 10.0 Å². The van der Waals surface area contributed by atoms with E-state index in [-0.39, 0.29) is 5.75 Å². The van der Waals surface area contributed by atoms with Crippen LogP contribution in [-0.2, 0) is 19.6 Å². The fourth-order valence-corrected chi connectivity index (χ4v) is 2.92. The van der Waals surface area contributed by atoms with Gasteiger partial charge in [0.25, 0.3) is 0 Å². The Balaban J connectivity index is 4.46. The van der Waals surface area contributed by atoms with Crippen molar-refractivity contribution in [3.05, 3.63) is 0 Å². The number of rotatable bonds is 4. The Bertz CT molecular complexity index is 315. The van der Waals surface area contributed by atoms with Crippen molar-refractivity contribution >= 4 is 16.0 Å². The first-order chi connectivity index (χ1) is 6.57. The predicted molar refractivity (Wildman–Crippen MR) is 57.9 cm³/mol. The van der Waals surface area contributed by atoms with E-state index in [1.807, 2.05) is 0 Å². The quantitative estimate of drug-likeness (QED) is 0.723. The van der Waals surface area contributed by atoms with Crippen molar-refractivity contribution in [1.29, 1.82) is 0 Å². The number of esters is 1. The molecule has 1 N–H and O–H groups in total. The number of nitrogens with one attached hydrogen (secondary N) is 1. The largest absolute Gasteiger partial charge is 0.469 e. The average molecular weight is 237 g/mol. The Hall–Kier alpha value is -0.620. The summed E-state index contributed by atoms with van der Waals surface area (Å²) in [5.74, 6) is -1.43. The summed E-state index contributed by atoms with van der Waals surface area (Å²) in [5.41, 5.74) is -0.533. The van der Waals surface area contributed by atoms with Crippen LogP contribution in [-0.4, -0.2) is 32.8 Å². The Labute approximate surface area is 91.2 Å². The van der Waals surface area contributed by atoms with Crippen molar-refractivity contribution < 1.29 is 17.9 Å². The van der Waals surface area contributed by atoms with E-state index >= 15 is 0 Å². The van der Waals surface area contributed by atoms with Crippen LogP contribution in [0.3, 0.4) is 0 Å². The summed E-state index contributed by atoms with van der Waals surface area (Å²) in [6.45, 7) is 6.75. The molecule has 90 valence electrons. The second-order valence-electron chi connectivity index (χ2n) is 4.56. The van der Waals surface area contributed by atoms with Crippen LogP contribution in [0, 0.1) is 5.92 Å². The third-order valence-corrected chi connectivity index (χ3v) is 3.40. The zero-order valence-electron chi connectivity index (χ0n) is 9.83. The fourth-order valence-electron chi connectivity index (χ4n) is 1.11. The van der Waals surface area contributed by atoms with E-state index in [4.69, 9.17) is 0 Å². The molecule has 0 aliphatic heterocycles. The van der Waals surface area contributed by atoms with Crippen molar-refractivity contribution in [2.45, 2.75) is 33.2 Å². The standard InChI is InChI=1S/C9H19NO4S/c1-7(8(11)14-5)6-15(12,13)10-9(2,3)4/h7,10H,6H2,1-5H3. The van der Waals surface area contributed by atoms with Crippen LogP contribution in [0.2, 0.25) is 0 Å². The highest BCUT2D eigenvalue weighted by Gasteiger charge is 2.25. The molecule has 0 spiro atoms. The Morgan fingerprint density at radius 3 is 2.20 bits per heavy atom. The molecule has 15 heavy (non-hydrogen) atoms. The molecule has 0 aromatic carbocycles. The molecule has 0 aliphatic rings. The van der Waals surface area contributed by atoms with Crippen LogP contribution >= 0.6 is 0 Å². The molecule has 0 amide bonds. The number of ether oxygens (including phenoxy) is 1. The van der Waals surface area contributed by atoms with Crippen LogP contribution in [0.1, 0.15) is 27.7 Å². The maximum Gasteiger partial charge on any atom is 0.309 e. The highest BCUT2D eigenvalue weighted by Crippen LogP contribution is 2.07. The van der Waals surface area contributed by atoms with E-state index in [2.05, 4.69) is 9.46 Å². The van der Waals surface area contributed by atoms with Crippen molar-refractivity contribution in [2.75, 3.05) is 12.9 Å². The van der Waals surface area contributed by atoms with Crippen molar-refractivity contribution in [3.8, 4) is 0 Å². The van der Waals surface area contributed by atoms with E-state index < -0.39 is 27.4 Å². The molecule has 0 aromatic heterocycles. The van der Waals surface area contributed by atoms with Crippen molar-refractivity contribution in [1.82, 2.24) is 4.72 Å². The van der Waals surface area contributed by atoms with Crippen LogP contribution in [0.4, 0.5) is 0 Å². The summed E-state index contributed by atoms with van der Waals surface area (Å²) in [4.78, 5) is 11.0. The van der Waals surface area contributed by atoms with Gasteiger partial charge in [0.1, 0.15) is 0 Å². The van der Waals surface area contributed by atoms with E-state index in [9.17, 15) is 13.2 Å². The monoisotopic (exact) mass is 237 g/mol. The lowest BCUT2D eigenvalue weighted by atomic mass is 10.1. The molecule has 1 unspecified atom stereocenters. The molecule has 0 saturated carbocycles. The Kier molecular flexibility index (Phi) is 4.73. The van der Waals surface area contributed by atoms with Gasteiger partial charge >= 0.3 is 5.97 Å². The molecule has 1 atom stereocenters. The maximum atomic E-state index is 11.6. The predicted octanol–water partition coefficient (Wildman–Crippen LogP) is 0.513. The number of methoxy groups -OCH3 is 1. The molecular formula is C9H19NO4S. The lowest BCUT2D eigenvalue weighted by Gasteiger charge is -2.21. The van der Waals surface area contributed by atoms with Crippen molar-refractivity contribution in [2.24, 2.45) is 5.92 Å². The van der Waals surface area contributed by atoms with Gasteiger partial charge in [-0.15, -0.1) is 0 Å². The van der Waals surface area contributed by atoms with Gasteiger partial charge in [0.05, 0.1) is 18.8 Å². The molecule has 0 heterocycles. The number of hydrogen-bond donors (Lipinski definition) is 1. The summed E-state index contributed by atoms with van der Waals surface area (Å²) in [6.07, 6.45) is 0. The van der Waals surface area contributed by atoms with Crippen LogP contribution in [0.5, 0.6) is 0 Å². The minimum absolute atomic E-state index is 0.253. The molecule has 0 fully saturated rings. The highest BCUT2D eigenvalue weighted by molar-refractivity contribution is 7.89. The average Bonchev–Trinajstić information content (AvgIpc) is 1.96. The van der Waals surface area contributed by atoms with Gasteiger partial charge in [-0.3, -0.25) is 4.79 Å². The van der Waals surface area contributed by atoms with E-state index in [0.717, 1.165) is 0 Å². The zero-order chi connectivity index (χ0) is 12.3. The van der Waals surface area contributed by atoms with E-state index in [0.29, 0.717) is 0 Å². The first-order valence-electron chi connectivity index (χ1n) is 4.67. The van der Waals surface area contributed by atoms with Crippen LogP contribution in [0.25, 0.3) is 0 Å². The van der Waals surface area contributed by atoms with Gasteiger partial charge in [-0.05, 0) is 20.8 Å². The summed E-state index contributed by atoms with van der Waals surface area (Å²) in [6, 6.07) is 0. The smallest absolute Gasteiger partial charge is 0.309 e. The molecule has 0 radical (unpaired) electrons. The number of carbonyl (C=O) groups excluding carboxylic acids is 1. The minimum Gasteiger partial charge on any atom is -0.469 e. The van der Waals surface area contributed by atoms with Gasteiger partial charge in [0, 0.05) is 5.54 Å². The SMILES string of the molecule is COC(=O)C(C)CS(=O)(=O)NC(C)(C)C. The second kappa shape index (κ2) is 4.94. The topological polar surface area (TPSA) is 72.5 Å². The molecule has 0 aromatic rings. The van der Waals surface area contributed by atoms with E-state index in [1.54, 1.807) is 20.8 Å². The molecule has 0 rings (SSSR count). The number of sulfonamides is 1. The minimum atomic E-state index is -3.44. The molecule has 6 heteroatoms. The van der Waals surface area contributed by atoms with Gasteiger partial charge in [-0.25, -0.2) is 13.1 Å². The summed E-state index contributed by atoms with van der Waals surface area (Å²) in [7, 11) is -2.21. The second-order valence-corrected chi connectivity index (χ2v) is 6.32. The fraction of sp³-hybridized carbons (Fsp3) is 0.889. The third kappa shape index (κ3) is 6.46. The lowest BCUT2D eigenvalue weighted by Crippen LogP contribution is -2.43. The normalized spacial score (nSPS) is 14.7. The summed E-state index contributed by atoms with van der Waals surface area (Å²) < 4.78 is 30.0. The Morgan fingerprint density at radius 1 is 1.40 bits per heavy atom.